The Morgan fingerprint density at radius 3 is 2.50 bits per heavy atom. The lowest BCUT2D eigenvalue weighted by Gasteiger charge is -2.30. The molecule has 1 aliphatic carbocycles. The molecule has 2 fully saturated rings. The van der Waals surface area contributed by atoms with Gasteiger partial charge in [-0.1, -0.05) is 32.1 Å². The second kappa shape index (κ2) is 13.5. The summed E-state index contributed by atoms with van der Waals surface area (Å²) < 4.78 is 61.3. The zero-order valence-corrected chi connectivity index (χ0v) is 25.0. The van der Waals surface area contributed by atoms with Gasteiger partial charge in [0, 0.05) is 24.4 Å². The predicted octanol–water partition coefficient (Wildman–Crippen LogP) is 3.03. The zero-order chi connectivity index (χ0) is 34.0. The quantitative estimate of drug-likeness (QED) is 0.139. The van der Waals surface area contributed by atoms with Gasteiger partial charge >= 0.3 is 24.4 Å². The third kappa shape index (κ3) is 7.68. The molecule has 1 aromatic rings. The maximum atomic E-state index is 14.2. The van der Waals surface area contributed by atoms with E-state index in [9.17, 15) is 46.6 Å². The van der Waals surface area contributed by atoms with Crippen LogP contribution in [0.4, 0.5) is 27.2 Å². The minimum absolute atomic E-state index is 0.0556. The minimum atomic E-state index is -4.57. The van der Waals surface area contributed by atoms with Crippen LogP contribution < -0.4 is 10.8 Å². The molecule has 0 spiro atoms. The Kier molecular flexibility index (Phi) is 10.1. The number of alkyl halides is 3. The molecule has 0 aromatic heterocycles. The van der Waals surface area contributed by atoms with Crippen molar-refractivity contribution in [3.63, 3.8) is 0 Å². The molecule has 2 unspecified atom stereocenters. The normalized spacial score (nSPS) is 24.2. The highest BCUT2D eigenvalue weighted by molar-refractivity contribution is 5.95. The van der Waals surface area contributed by atoms with Crippen molar-refractivity contribution in [1.82, 2.24) is 20.6 Å². The lowest BCUT2D eigenvalue weighted by Crippen LogP contribution is -2.57. The number of carboxylic acid groups (broad SMARTS) is 1. The maximum absolute atomic E-state index is 14.2. The SMILES string of the molecule is C=C[C@@H]1CC1(NC(=O)[C@@H]1C[C@@H](OC(=O)N2Cc3cccc(F)c3C2)CN1C(=O)C(NOC(=O)OCCC(F)(F)F)C(C)C)C(=O)O. The van der Waals surface area contributed by atoms with Crippen molar-refractivity contribution in [2.24, 2.45) is 11.8 Å². The van der Waals surface area contributed by atoms with Crippen molar-refractivity contribution >= 4 is 30.0 Å². The molecule has 46 heavy (non-hydrogen) atoms. The van der Waals surface area contributed by atoms with Crippen molar-refractivity contribution < 1.29 is 61.0 Å². The summed E-state index contributed by atoms with van der Waals surface area (Å²) in [5.74, 6) is -4.61. The van der Waals surface area contributed by atoms with Gasteiger partial charge in [0.2, 0.25) is 11.8 Å². The lowest BCUT2D eigenvalue weighted by atomic mass is 10.0. The van der Waals surface area contributed by atoms with E-state index in [1.165, 1.54) is 23.1 Å². The first-order valence-electron chi connectivity index (χ1n) is 14.4. The van der Waals surface area contributed by atoms with Crippen molar-refractivity contribution in [2.45, 2.75) is 76.1 Å². The van der Waals surface area contributed by atoms with E-state index in [0.29, 0.717) is 11.1 Å². The van der Waals surface area contributed by atoms with E-state index >= 15 is 0 Å². The molecule has 3 aliphatic rings. The summed E-state index contributed by atoms with van der Waals surface area (Å²) in [6, 6.07) is 1.78. The number of likely N-dealkylation sites (tertiary alicyclic amines) is 1. The average molecular weight is 659 g/mol. The predicted molar refractivity (Wildman–Crippen MR) is 148 cm³/mol. The first-order chi connectivity index (χ1) is 21.6. The Morgan fingerprint density at radius 1 is 1.20 bits per heavy atom. The molecule has 3 amide bonds. The fourth-order valence-corrected chi connectivity index (χ4v) is 5.46. The Bertz CT molecular complexity index is 1390. The van der Waals surface area contributed by atoms with Crippen LogP contribution in [0.15, 0.2) is 30.9 Å². The van der Waals surface area contributed by atoms with Gasteiger partial charge in [0.1, 0.15) is 36.2 Å². The van der Waals surface area contributed by atoms with E-state index in [2.05, 4.69) is 27.0 Å². The number of nitrogens with zero attached hydrogens (tertiary/aromatic N) is 2. The molecule has 1 saturated heterocycles. The molecule has 1 aromatic carbocycles. The fraction of sp³-hybridized carbons (Fsp3) is 0.552. The minimum Gasteiger partial charge on any atom is -0.479 e. The van der Waals surface area contributed by atoms with Crippen LogP contribution in [0.1, 0.15) is 44.2 Å². The summed E-state index contributed by atoms with van der Waals surface area (Å²) >= 11 is 0. The van der Waals surface area contributed by atoms with Gasteiger partial charge in [-0.25, -0.2) is 18.8 Å². The summed E-state index contributed by atoms with van der Waals surface area (Å²) in [6.45, 7) is 5.37. The van der Waals surface area contributed by atoms with Crippen LogP contribution in [0.25, 0.3) is 0 Å². The Hall–Kier alpha value is -4.41. The number of hydrogen-bond acceptors (Lipinski definition) is 9. The molecule has 3 N–H and O–H groups in total. The number of carbonyl (C=O) groups is 5. The van der Waals surface area contributed by atoms with Gasteiger partial charge in [-0.3, -0.25) is 14.5 Å². The number of rotatable bonds is 11. The highest BCUT2D eigenvalue weighted by Crippen LogP contribution is 2.45. The smallest absolute Gasteiger partial charge is 0.479 e. The summed E-state index contributed by atoms with van der Waals surface area (Å²) in [5, 5.41) is 12.3. The van der Waals surface area contributed by atoms with E-state index < -0.39 is 90.6 Å². The number of carbonyl (C=O) groups excluding carboxylic acids is 4. The first-order valence-corrected chi connectivity index (χ1v) is 14.4. The molecule has 5 atom stereocenters. The number of nitrogens with one attached hydrogen (secondary N) is 2. The second-order valence-corrected chi connectivity index (χ2v) is 11.7. The number of aliphatic carboxylic acids is 1. The Morgan fingerprint density at radius 2 is 1.91 bits per heavy atom. The molecule has 1 saturated carbocycles. The number of benzene rings is 1. The van der Waals surface area contributed by atoms with Gasteiger partial charge in [0.05, 0.1) is 19.5 Å². The van der Waals surface area contributed by atoms with Crippen LogP contribution in [-0.4, -0.2) is 88.0 Å². The number of ether oxygens (including phenoxy) is 2. The topological polar surface area (TPSA) is 164 Å². The van der Waals surface area contributed by atoms with E-state index in [4.69, 9.17) is 4.74 Å². The second-order valence-electron chi connectivity index (χ2n) is 11.7. The number of amides is 3. The standard InChI is InChI=1S/C29H34F4N4O9/c1-4-17-11-28(17,25(40)41)34-23(38)21-10-18(45-26(42)36-12-16-6-5-7-20(30)19(16)14-36)13-37(21)24(39)22(15(2)3)35-46-27(43)44-9-8-29(31,32)33/h4-7,15,17-18,21-22,35H,1,8-14H2,2-3H3,(H,34,38)(H,40,41)/t17-,18-,21+,22?,28?/m1/s1. The lowest BCUT2D eigenvalue weighted by molar-refractivity contribution is -0.147. The van der Waals surface area contributed by atoms with Crippen molar-refractivity contribution in [3.8, 4) is 0 Å². The average Bonchev–Trinajstić information content (AvgIpc) is 3.28. The number of fused-ring (bicyclic) bond motifs is 1. The molecule has 2 aliphatic heterocycles. The van der Waals surface area contributed by atoms with Gasteiger partial charge in [0.15, 0.2) is 0 Å². The van der Waals surface area contributed by atoms with Crippen molar-refractivity contribution in [3.05, 3.63) is 47.8 Å². The molecule has 13 nitrogen and oxygen atoms in total. The van der Waals surface area contributed by atoms with Gasteiger partial charge < -0.3 is 29.6 Å². The van der Waals surface area contributed by atoms with Crippen molar-refractivity contribution in [1.29, 1.82) is 0 Å². The summed E-state index contributed by atoms with van der Waals surface area (Å²) in [6.07, 6.45) is -8.15. The number of halogens is 4. The largest absolute Gasteiger partial charge is 0.527 e. The summed E-state index contributed by atoms with van der Waals surface area (Å²) in [5.41, 5.74) is 1.48. The molecule has 0 radical (unpaired) electrons. The third-order valence-electron chi connectivity index (χ3n) is 8.13. The molecular formula is C29H34F4N4O9. The van der Waals surface area contributed by atoms with E-state index in [1.807, 2.05) is 0 Å². The van der Waals surface area contributed by atoms with Crippen LogP contribution in [0, 0.1) is 17.7 Å². The molecule has 4 rings (SSSR count). The van der Waals surface area contributed by atoms with E-state index in [-0.39, 0.29) is 32.5 Å². The molecule has 252 valence electrons. The van der Waals surface area contributed by atoms with Crippen LogP contribution in [0.3, 0.4) is 0 Å². The van der Waals surface area contributed by atoms with Gasteiger partial charge in [-0.2, -0.15) is 13.2 Å². The summed E-state index contributed by atoms with van der Waals surface area (Å²) in [7, 11) is 0. The van der Waals surface area contributed by atoms with Crippen LogP contribution in [-0.2, 0) is 41.8 Å². The van der Waals surface area contributed by atoms with Gasteiger partial charge in [-0.15, -0.1) is 12.1 Å². The third-order valence-corrected chi connectivity index (χ3v) is 8.13. The van der Waals surface area contributed by atoms with Crippen molar-refractivity contribution in [2.75, 3.05) is 13.2 Å². The zero-order valence-electron chi connectivity index (χ0n) is 25.0. The van der Waals surface area contributed by atoms with Crippen LogP contribution in [0.5, 0.6) is 0 Å². The number of hydroxylamine groups is 1. The van der Waals surface area contributed by atoms with Crippen LogP contribution >= 0.6 is 0 Å². The maximum Gasteiger partial charge on any atom is 0.527 e. The van der Waals surface area contributed by atoms with Gasteiger partial charge in [-0.05, 0) is 24.0 Å². The fourth-order valence-electron chi connectivity index (χ4n) is 5.46. The Balaban J connectivity index is 1.47. The van der Waals surface area contributed by atoms with Gasteiger partial charge in [0.25, 0.3) is 0 Å². The summed E-state index contributed by atoms with van der Waals surface area (Å²) in [4.78, 5) is 71.1. The Labute approximate surface area is 260 Å². The highest BCUT2D eigenvalue weighted by Gasteiger charge is 2.61. The number of carboxylic acids is 1. The highest BCUT2D eigenvalue weighted by atomic mass is 19.4. The van der Waals surface area contributed by atoms with E-state index in [1.54, 1.807) is 19.9 Å². The van der Waals surface area contributed by atoms with Crippen LogP contribution in [0.2, 0.25) is 0 Å². The monoisotopic (exact) mass is 658 g/mol. The molecule has 0 bridgehead atoms. The number of hydrogen-bond donors (Lipinski definition) is 3. The first kappa shape index (κ1) is 34.5. The molecular weight excluding hydrogens is 624 g/mol. The van der Waals surface area contributed by atoms with E-state index in [0.717, 1.165) is 4.90 Å². The molecule has 17 heteroatoms. The molecule has 2 heterocycles.